The van der Waals surface area contributed by atoms with Gasteiger partial charge in [0.2, 0.25) is 11.1 Å². The number of aromatic nitrogens is 3. The van der Waals surface area contributed by atoms with E-state index >= 15 is 0 Å². The van der Waals surface area contributed by atoms with Gasteiger partial charge in [-0.2, -0.15) is 10.1 Å². The first-order valence-electron chi connectivity index (χ1n) is 7.04. The summed E-state index contributed by atoms with van der Waals surface area (Å²) in [7, 11) is 0. The van der Waals surface area contributed by atoms with Crippen molar-refractivity contribution in [2.45, 2.75) is 10.9 Å². The highest BCUT2D eigenvalue weighted by Crippen LogP contribution is 2.26. The van der Waals surface area contributed by atoms with E-state index in [0.717, 1.165) is 11.1 Å². The number of halogens is 2. The van der Waals surface area contributed by atoms with Crippen molar-refractivity contribution in [3.63, 3.8) is 0 Å². The molecule has 1 aromatic heterocycles. The molecular weight excluding hydrogens is 365 g/mol. The van der Waals surface area contributed by atoms with Crippen LogP contribution in [-0.2, 0) is 5.75 Å². The van der Waals surface area contributed by atoms with Gasteiger partial charge in [-0.15, -0.1) is 5.10 Å². The van der Waals surface area contributed by atoms with Gasteiger partial charge >= 0.3 is 0 Å². The Bertz CT molecular complexity index is 835. The quantitative estimate of drug-likeness (QED) is 0.366. The maximum Gasteiger partial charge on any atom is 0.240 e. The Morgan fingerprint density at radius 2 is 1.96 bits per heavy atom. The molecule has 0 saturated heterocycles. The lowest BCUT2D eigenvalue weighted by Crippen LogP contribution is -1.92. The van der Waals surface area contributed by atoms with Crippen molar-refractivity contribution in [3.05, 3.63) is 69.7 Å². The van der Waals surface area contributed by atoms with Gasteiger partial charge in [0.15, 0.2) is 0 Å². The summed E-state index contributed by atoms with van der Waals surface area (Å²) in [4.78, 5) is 4.31. The van der Waals surface area contributed by atoms with Crippen LogP contribution in [0.15, 0.2) is 58.8 Å². The van der Waals surface area contributed by atoms with E-state index in [1.807, 2.05) is 42.5 Å². The fourth-order valence-electron chi connectivity index (χ4n) is 1.85. The number of hydrazone groups is 1. The molecule has 3 rings (SSSR count). The third kappa shape index (κ3) is 4.74. The number of hydrogen-bond acceptors (Lipinski definition) is 5. The van der Waals surface area contributed by atoms with E-state index in [4.69, 9.17) is 23.2 Å². The highest BCUT2D eigenvalue weighted by Gasteiger charge is 2.05. The van der Waals surface area contributed by atoms with Crippen molar-refractivity contribution >= 4 is 47.1 Å². The van der Waals surface area contributed by atoms with E-state index in [0.29, 0.717) is 26.9 Å². The normalized spacial score (nSPS) is 11.1. The van der Waals surface area contributed by atoms with Crippen LogP contribution in [0.2, 0.25) is 10.0 Å². The summed E-state index contributed by atoms with van der Waals surface area (Å²) in [6.45, 7) is 0. The lowest BCUT2D eigenvalue weighted by atomic mass is 10.2. The van der Waals surface area contributed by atoms with Crippen molar-refractivity contribution in [2.24, 2.45) is 5.10 Å². The van der Waals surface area contributed by atoms with Crippen LogP contribution < -0.4 is 5.43 Å². The number of H-pyrrole nitrogens is 1. The molecule has 0 spiro atoms. The predicted molar refractivity (Wildman–Crippen MR) is 100 cm³/mol. The topological polar surface area (TPSA) is 66.0 Å². The highest BCUT2D eigenvalue weighted by molar-refractivity contribution is 7.98. The number of benzene rings is 2. The van der Waals surface area contributed by atoms with E-state index in [9.17, 15) is 0 Å². The van der Waals surface area contributed by atoms with Gasteiger partial charge < -0.3 is 0 Å². The van der Waals surface area contributed by atoms with Gasteiger partial charge in [-0.05, 0) is 23.3 Å². The molecule has 122 valence electrons. The Kier molecular flexibility index (Phi) is 5.74. The van der Waals surface area contributed by atoms with E-state index in [-0.39, 0.29) is 0 Å². The molecule has 0 fully saturated rings. The molecular formula is C16H13Cl2N5S. The first kappa shape index (κ1) is 16.8. The molecule has 5 nitrogen and oxygen atoms in total. The van der Waals surface area contributed by atoms with E-state index in [1.54, 1.807) is 12.3 Å². The molecule has 0 aliphatic rings. The van der Waals surface area contributed by atoms with Gasteiger partial charge in [0.1, 0.15) is 0 Å². The maximum absolute atomic E-state index is 6.00. The van der Waals surface area contributed by atoms with E-state index in [1.165, 1.54) is 11.8 Å². The molecule has 0 bridgehead atoms. The third-order valence-corrected chi connectivity index (χ3v) is 4.66. The zero-order valence-corrected chi connectivity index (χ0v) is 14.7. The smallest absolute Gasteiger partial charge is 0.240 e. The molecule has 8 heteroatoms. The zero-order valence-electron chi connectivity index (χ0n) is 12.4. The van der Waals surface area contributed by atoms with Crippen LogP contribution in [0.1, 0.15) is 11.1 Å². The summed E-state index contributed by atoms with van der Waals surface area (Å²) in [6.07, 6.45) is 1.71. The van der Waals surface area contributed by atoms with Gasteiger partial charge in [0, 0.05) is 5.75 Å². The van der Waals surface area contributed by atoms with Crippen molar-refractivity contribution in [2.75, 3.05) is 5.43 Å². The van der Waals surface area contributed by atoms with Gasteiger partial charge in [0.25, 0.3) is 0 Å². The molecule has 0 atom stereocenters. The molecule has 1 heterocycles. The van der Waals surface area contributed by atoms with Crippen LogP contribution in [0.25, 0.3) is 0 Å². The number of nitrogens with one attached hydrogen (secondary N) is 2. The van der Waals surface area contributed by atoms with Crippen LogP contribution in [0.4, 0.5) is 5.95 Å². The average molecular weight is 378 g/mol. The summed E-state index contributed by atoms with van der Waals surface area (Å²) >= 11 is 13.4. The average Bonchev–Trinajstić information content (AvgIpc) is 3.05. The molecule has 0 radical (unpaired) electrons. The van der Waals surface area contributed by atoms with Crippen LogP contribution >= 0.6 is 35.0 Å². The first-order chi connectivity index (χ1) is 11.7. The van der Waals surface area contributed by atoms with Crippen LogP contribution in [0, 0.1) is 0 Å². The number of rotatable bonds is 6. The monoisotopic (exact) mass is 377 g/mol. The zero-order chi connectivity index (χ0) is 16.8. The lowest BCUT2D eigenvalue weighted by molar-refractivity contribution is 0.972. The van der Waals surface area contributed by atoms with Crippen molar-refractivity contribution in [1.29, 1.82) is 0 Å². The Morgan fingerprint density at radius 1 is 1.12 bits per heavy atom. The Morgan fingerprint density at radius 3 is 2.75 bits per heavy atom. The highest BCUT2D eigenvalue weighted by atomic mass is 35.5. The second-order valence-electron chi connectivity index (χ2n) is 4.78. The predicted octanol–water partition coefficient (Wildman–Crippen LogP) is 4.85. The number of anilines is 1. The Balaban J connectivity index is 1.53. The largest absolute Gasteiger partial charge is 0.246 e. The summed E-state index contributed by atoms with van der Waals surface area (Å²) < 4.78 is 0. The number of thioether (sulfide) groups is 1. The van der Waals surface area contributed by atoms with Gasteiger partial charge in [-0.25, -0.2) is 10.5 Å². The summed E-state index contributed by atoms with van der Waals surface area (Å²) in [5, 5.41) is 12.8. The Labute approximate surface area is 153 Å². The molecule has 2 N–H and O–H groups in total. The molecule has 3 aromatic rings. The maximum atomic E-state index is 6.00. The lowest BCUT2D eigenvalue weighted by Gasteiger charge is -2.00. The number of hydrogen-bond donors (Lipinski definition) is 2. The van der Waals surface area contributed by atoms with E-state index in [2.05, 4.69) is 25.7 Å². The second-order valence-corrected chi connectivity index (χ2v) is 6.54. The fourth-order valence-corrected chi connectivity index (χ4v) is 2.91. The molecule has 0 aliphatic heterocycles. The van der Waals surface area contributed by atoms with Crippen LogP contribution in [-0.4, -0.2) is 21.4 Å². The number of nitrogens with zero attached hydrogens (tertiary/aromatic N) is 3. The van der Waals surface area contributed by atoms with Gasteiger partial charge in [-0.1, -0.05) is 71.4 Å². The van der Waals surface area contributed by atoms with Gasteiger partial charge in [0.05, 0.1) is 16.3 Å². The summed E-state index contributed by atoms with van der Waals surface area (Å²) in [5.41, 5.74) is 4.87. The standard InChI is InChI=1S/C16H13Cl2N5S/c17-13-7-6-12(8-14(13)18)10-24-16-20-15(22-23-16)21-19-9-11-4-2-1-3-5-11/h1-9H,10H2,(H2,20,21,22,23)/b19-9-. The molecule has 24 heavy (non-hydrogen) atoms. The van der Waals surface area contributed by atoms with Gasteiger partial charge in [-0.3, -0.25) is 0 Å². The minimum atomic E-state index is 0.485. The minimum Gasteiger partial charge on any atom is -0.246 e. The van der Waals surface area contributed by atoms with Crippen LogP contribution in [0.3, 0.4) is 0 Å². The third-order valence-electron chi connectivity index (χ3n) is 3.00. The molecule has 0 unspecified atom stereocenters. The molecule has 0 aliphatic carbocycles. The van der Waals surface area contributed by atoms with E-state index < -0.39 is 0 Å². The second kappa shape index (κ2) is 8.19. The van der Waals surface area contributed by atoms with Crippen molar-refractivity contribution in [3.8, 4) is 0 Å². The molecule has 0 saturated carbocycles. The molecule has 2 aromatic carbocycles. The Hall–Kier alpha value is -2.02. The summed E-state index contributed by atoms with van der Waals surface area (Å²) in [5.74, 6) is 1.18. The molecule has 0 amide bonds. The van der Waals surface area contributed by atoms with Crippen molar-refractivity contribution in [1.82, 2.24) is 15.2 Å². The fraction of sp³-hybridized carbons (Fsp3) is 0.0625. The number of aromatic amines is 1. The summed E-state index contributed by atoms with van der Waals surface area (Å²) in [6, 6.07) is 15.3. The SMILES string of the molecule is Clc1ccc(CSc2n[nH]c(N/N=C\c3ccccc3)n2)cc1Cl. The first-order valence-corrected chi connectivity index (χ1v) is 8.78. The minimum absolute atomic E-state index is 0.485. The van der Waals surface area contributed by atoms with Crippen LogP contribution in [0.5, 0.6) is 0 Å². The van der Waals surface area contributed by atoms with Crippen molar-refractivity contribution < 1.29 is 0 Å².